The van der Waals surface area contributed by atoms with Crippen molar-refractivity contribution in [3.63, 3.8) is 0 Å². The molecule has 3 rings (SSSR count). The molecule has 0 radical (unpaired) electrons. The Labute approximate surface area is 129 Å². The maximum atomic E-state index is 12.5. The van der Waals surface area contributed by atoms with E-state index in [1.54, 1.807) is 0 Å². The Balaban J connectivity index is 1.51. The van der Waals surface area contributed by atoms with Gasteiger partial charge in [0.05, 0.1) is 0 Å². The lowest BCUT2D eigenvalue weighted by molar-refractivity contribution is -0.134. The van der Waals surface area contributed by atoms with Crippen molar-refractivity contribution in [2.24, 2.45) is 5.92 Å². The third kappa shape index (κ3) is 4.09. The van der Waals surface area contributed by atoms with Gasteiger partial charge in [-0.2, -0.15) is 0 Å². The number of nitrogens with zero attached hydrogens (tertiary/aromatic N) is 2. The molecule has 0 aromatic rings. The van der Waals surface area contributed by atoms with E-state index in [2.05, 4.69) is 22.0 Å². The predicted molar refractivity (Wildman–Crippen MR) is 86.1 cm³/mol. The number of hydrogen-bond donors (Lipinski definition) is 0. The fraction of sp³-hybridized carbons (Fsp3) is 0.833. The summed E-state index contributed by atoms with van der Waals surface area (Å²) in [7, 11) is 0. The first-order chi connectivity index (χ1) is 10.3. The summed E-state index contributed by atoms with van der Waals surface area (Å²) in [6.07, 6.45) is 15.5. The number of allylic oxidation sites excluding steroid dienone is 2. The average molecular weight is 290 g/mol. The third-order valence-electron chi connectivity index (χ3n) is 5.46. The van der Waals surface area contributed by atoms with Crippen LogP contribution in [0.3, 0.4) is 0 Å². The molecule has 3 heteroatoms. The van der Waals surface area contributed by atoms with Gasteiger partial charge >= 0.3 is 0 Å². The second-order valence-electron chi connectivity index (χ2n) is 7.06. The van der Waals surface area contributed by atoms with Gasteiger partial charge in [-0.1, -0.05) is 25.0 Å². The summed E-state index contributed by atoms with van der Waals surface area (Å²) in [6.45, 7) is 4.46. The van der Waals surface area contributed by atoms with Crippen LogP contribution in [0.1, 0.15) is 57.8 Å². The van der Waals surface area contributed by atoms with Crippen molar-refractivity contribution >= 4 is 5.91 Å². The molecule has 0 aromatic heterocycles. The minimum Gasteiger partial charge on any atom is -0.341 e. The first kappa shape index (κ1) is 15.1. The molecule has 2 fully saturated rings. The molecule has 1 aliphatic carbocycles. The Morgan fingerprint density at radius 3 is 2.52 bits per heavy atom. The fourth-order valence-corrected chi connectivity index (χ4v) is 4.16. The molecular formula is C18H30N2O. The first-order valence-corrected chi connectivity index (χ1v) is 9.01. The molecule has 1 amide bonds. The van der Waals surface area contributed by atoms with Crippen LogP contribution in [0.5, 0.6) is 0 Å². The van der Waals surface area contributed by atoms with Gasteiger partial charge in [-0.05, 0) is 57.5 Å². The van der Waals surface area contributed by atoms with E-state index < -0.39 is 0 Å². The molecule has 2 saturated heterocycles. The molecule has 2 aliphatic heterocycles. The molecule has 0 N–H and O–H groups in total. The highest BCUT2D eigenvalue weighted by molar-refractivity contribution is 5.76. The van der Waals surface area contributed by atoms with Gasteiger partial charge in [-0.15, -0.1) is 0 Å². The van der Waals surface area contributed by atoms with E-state index in [0.717, 1.165) is 25.9 Å². The molecule has 3 aliphatic rings. The number of piperidine rings is 1. The standard InChI is InChI=1S/C18H30N2O/c21-18(14-16-8-3-4-9-16)20-13-7-10-17(15-20)19-11-5-1-2-6-12-19/h3,8,16-17H,1-2,4-7,9-15H2. The van der Waals surface area contributed by atoms with E-state index in [1.165, 1.54) is 58.0 Å². The predicted octanol–water partition coefficient (Wildman–Crippen LogP) is 3.21. The summed E-state index contributed by atoms with van der Waals surface area (Å²) in [6, 6.07) is 0.625. The number of rotatable bonds is 3. The van der Waals surface area contributed by atoms with E-state index in [1.807, 2.05) is 0 Å². The smallest absolute Gasteiger partial charge is 0.223 e. The summed E-state index contributed by atoms with van der Waals surface area (Å²) in [5.74, 6) is 0.905. The molecule has 0 aromatic carbocycles. The molecule has 0 bridgehead atoms. The highest BCUT2D eigenvalue weighted by Gasteiger charge is 2.29. The van der Waals surface area contributed by atoms with E-state index in [0.29, 0.717) is 17.9 Å². The molecule has 0 saturated carbocycles. The van der Waals surface area contributed by atoms with Crippen molar-refractivity contribution in [2.75, 3.05) is 26.2 Å². The maximum absolute atomic E-state index is 12.5. The zero-order valence-corrected chi connectivity index (χ0v) is 13.3. The Bertz CT molecular complexity index is 371. The fourth-order valence-electron chi connectivity index (χ4n) is 4.16. The van der Waals surface area contributed by atoms with Crippen LogP contribution in [-0.2, 0) is 4.79 Å². The van der Waals surface area contributed by atoms with Gasteiger partial charge < -0.3 is 4.90 Å². The van der Waals surface area contributed by atoms with E-state index >= 15 is 0 Å². The summed E-state index contributed by atoms with van der Waals surface area (Å²) < 4.78 is 0. The number of hydrogen-bond acceptors (Lipinski definition) is 2. The molecule has 2 heterocycles. The van der Waals surface area contributed by atoms with Crippen LogP contribution in [0.4, 0.5) is 0 Å². The number of likely N-dealkylation sites (tertiary alicyclic amines) is 2. The quantitative estimate of drug-likeness (QED) is 0.745. The van der Waals surface area contributed by atoms with Crippen LogP contribution in [0.15, 0.2) is 12.2 Å². The molecule has 21 heavy (non-hydrogen) atoms. The van der Waals surface area contributed by atoms with Crippen molar-refractivity contribution in [2.45, 2.75) is 63.8 Å². The number of carbonyl (C=O) groups excluding carboxylic acids is 1. The summed E-state index contributed by atoms with van der Waals surface area (Å²) >= 11 is 0. The Kier molecular flexibility index (Phi) is 5.34. The van der Waals surface area contributed by atoms with Gasteiger partial charge in [-0.3, -0.25) is 9.69 Å². The van der Waals surface area contributed by atoms with Gasteiger partial charge in [0.25, 0.3) is 0 Å². The van der Waals surface area contributed by atoms with E-state index in [4.69, 9.17) is 0 Å². The maximum Gasteiger partial charge on any atom is 0.223 e. The highest BCUT2D eigenvalue weighted by Crippen LogP contribution is 2.24. The Morgan fingerprint density at radius 1 is 1.00 bits per heavy atom. The monoisotopic (exact) mass is 290 g/mol. The summed E-state index contributed by atoms with van der Waals surface area (Å²) in [4.78, 5) is 17.4. The summed E-state index contributed by atoms with van der Waals surface area (Å²) in [5.41, 5.74) is 0. The van der Waals surface area contributed by atoms with Crippen LogP contribution in [0.2, 0.25) is 0 Å². The van der Waals surface area contributed by atoms with Crippen molar-refractivity contribution < 1.29 is 4.79 Å². The molecule has 0 spiro atoms. The van der Waals surface area contributed by atoms with Gasteiger partial charge in [0.2, 0.25) is 5.91 Å². The van der Waals surface area contributed by atoms with Crippen molar-refractivity contribution in [3.05, 3.63) is 12.2 Å². The average Bonchev–Trinajstić information content (AvgIpc) is 2.87. The van der Waals surface area contributed by atoms with Gasteiger partial charge in [0.1, 0.15) is 0 Å². The molecule has 118 valence electrons. The van der Waals surface area contributed by atoms with Crippen LogP contribution in [-0.4, -0.2) is 47.9 Å². The molecule has 2 unspecified atom stereocenters. The van der Waals surface area contributed by atoms with E-state index in [-0.39, 0.29) is 0 Å². The van der Waals surface area contributed by atoms with Crippen molar-refractivity contribution in [3.8, 4) is 0 Å². The SMILES string of the molecule is O=C(CC1C=CCC1)N1CCCC(N2CCCCCC2)C1. The topological polar surface area (TPSA) is 23.6 Å². The lowest BCUT2D eigenvalue weighted by Crippen LogP contribution is -2.50. The van der Waals surface area contributed by atoms with Gasteiger partial charge in [0, 0.05) is 25.6 Å². The third-order valence-corrected chi connectivity index (χ3v) is 5.46. The Hall–Kier alpha value is -0.830. The van der Waals surface area contributed by atoms with Gasteiger partial charge in [0.15, 0.2) is 0 Å². The second kappa shape index (κ2) is 7.44. The van der Waals surface area contributed by atoms with Crippen molar-refractivity contribution in [1.82, 2.24) is 9.80 Å². The molecule has 3 nitrogen and oxygen atoms in total. The highest BCUT2D eigenvalue weighted by atomic mass is 16.2. The summed E-state index contributed by atoms with van der Waals surface area (Å²) in [5, 5.41) is 0. The molecule has 2 atom stereocenters. The first-order valence-electron chi connectivity index (χ1n) is 9.01. The normalized spacial score (nSPS) is 31.3. The van der Waals surface area contributed by atoms with E-state index in [9.17, 15) is 4.79 Å². The van der Waals surface area contributed by atoms with Gasteiger partial charge in [-0.25, -0.2) is 0 Å². The molecular weight excluding hydrogens is 260 g/mol. The Morgan fingerprint density at radius 2 is 1.81 bits per heavy atom. The second-order valence-corrected chi connectivity index (χ2v) is 7.06. The van der Waals surface area contributed by atoms with Crippen molar-refractivity contribution in [1.29, 1.82) is 0 Å². The minimum atomic E-state index is 0.395. The van der Waals surface area contributed by atoms with Crippen LogP contribution < -0.4 is 0 Å². The lowest BCUT2D eigenvalue weighted by Gasteiger charge is -2.39. The van der Waals surface area contributed by atoms with Crippen LogP contribution >= 0.6 is 0 Å². The number of amides is 1. The number of carbonyl (C=O) groups is 1. The minimum absolute atomic E-state index is 0.395. The lowest BCUT2D eigenvalue weighted by atomic mass is 10.0. The van der Waals surface area contributed by atoms with Crippen LogP contribution in [0, 0.1) is 5.92 Å². The zero-order chi connectivity index (χ0) is 14.5. The largest absolute Gasteiger partial charge is 0.341 e. The zero-order valence-electron chi connectivity index (χ0n) is 13.3. The van der Waals surface area contributed by atoms with Crippen LogP contribution in [0.25, 0.3) is 0 Å².